The Morgan fingerprint density at radius 2 is 2.38 bits per heavy atom. The number of hydrogen-bond acceptors (Lipinski definition) is 2. The Balaban J connectivity index is 1.72. The third-order valence-electron chi connectivity index (χ3n) is 3.30. The molecule has 2 saturated carbocycles. The van der Waals surface area contributed by atoms with Crippen LogP contribution in [-0.4, -0.2) is 6.04 Å². The third kappa shape index (κ3) is 1.36. The fourth-order valence-electron chi connectivity index (χ4n) is 2.48. The fourth-order valence-corrected chi connectivity index (χ4v) is 3.33. The largest absolute Gasteiger partial charge is 0.380 e. The predicted molar refractivity (Wildman–Crippen MR) is 57.6 cm³/mol. The average molecular weight is 214 g/mol. The lowest BCUT2D eigenvalue weighted by atomic mass is 10.2. The van der Waals surface area contributed by atoms with Crippen LogP contribution in [0.5, 0.6) is 0 Å². The molecule has 3 unspecified atom stereocenters. The summed E-state index contributed by atoms with van der Waals surface area (Å²) in [5, 5.41) is 5.60. The van der Waals surface area contributed by atoms with Crippen molar-refractivity contribution in [1.29, 1.82) is 0 Å². The Bertz CT molecular complexity index is 322. The quantitative estimate of drug-likeness (QED) is 0.792. The number of halogens is 1. The van der Waals surface area contributed by atoms with Gasteiger partial charge in [-0.05, 0) is 42.5 Å². The molecule has 3 heteroatoms. The lowest BCUT2D eigenvalue weighted by Gasteiger charge is -2.14. The minimum absolute atomic E-state index is 0.706. The number of nitrogens with one attached hydrogen (secondary N) is 1. The van der Waals surface area contributed by atoms with Crippen LogP contribution in [0.4, 0.5) is 5.69 Å². The normalized spacial score (nSPS) is 35.9. The maximum atomic E-state index is 6.04. The molecule has 2 fully saturated rings. The van der Waals surface area contributed by atoms with Gasteiger partial charge in [-0.3, -0.25) is 0 Å². The number of anilines is 1. The molecule has 3 rings (SSSR count). The fraction of sp³-hybridized carbons (Fsp3) is 0.600. The first-order valence-corrected chi connectivity index (χ1v) is 6.10. The molecule has 3 atom stereocenters. The van der Waals surface area contributed by atoms with Gasteiger partial charge in [0.2, 0.25) is 0 Å². The maximum Gasteiger partial charge on any atom is 0.116 e. The first kappa shape index (κ1) is 8.13. The van der Waals surface area contributed by atoms with Crippen molar-refractivity contribution in [2.24, 2.45) is 11.8 Å². The SMILES string of the molecule is Clc1sccc1NC1CCC2CC21. The van der Waals surface area contributed by atoms with E-state index in [1.807, 2.05) is 5.38 Å². The van der Waals surface area contributed by atoms with Gasteiger partial charge in [-0.25, -0.2) is 0 Å². The van der Waals surface area contributed by atoms with E-state index >= 15 is 0 Å². The van der Waals surface area contributed by atoms with Gasteiger partial charge in [-0.1, -0.05) is 11.6 Å². The van der Waals surface area contributed by atoms with Crippen LogP contribution < -0.4 is 5.32 Å². The summed E-state index contributed by atoms with van der Waals surface area (Å²) in [5.41, 5.74) is 1.14. The molecule has 1 nitrogen and oxygen atoms in total. The number of rotatable bonds is 2. The van der Waals surface area contributed by atoms with Crippen LogP contribution >= 0.6 is 22.9 Å². The molecule has 0 aromatic carbocycles. The molecule has 1 N–H and O–H groups in total. The summed E-state index contributed by atoms with van der Waals surface area (Å²) in [7, 11) is 0. The summed E-state index contributed by atoms with van der Waals surface area (Å²) in [5.74, 6) is 1.99. The van der Waals surface area contributed by atoms with Gasteiger partial charge in [0, 0.05) is 6.04 Å². The molecule has 0 saturated heterocycles. The van der Waals surface area contributed by atoms with Crippen molar-refractivity contribution in [2.75, 3.05) is 5.32 Å². The van der Waals surface area contributed by atoms with E-state index in [4.69, 9.17) is 11.6 Å². The second-order valence-electron chi connectivity index (χ2n) is 4.10. The van der Waals surface area contributed by atoms with Crippen LogP contribution in [0.2, 0.25) is 4.34 Å². The molecular formula is C10H12ClNS. The molecule has 70 valence electrons. The second kappa shape index (κ2) is 2.89. The number of hydrogen-bond donors (Lipinski definition) is 1. The van der Waals surface area contributed by atoms with Crippen molar-refractivity contribution in [2.45, 2.75) is 25.3 Å². The van der Waals surface area contributed by atoms with Gasteiger partial charge in [-0.15, -0.1) is 11.3 Å². The monoisotopic (exact) mass is 213 g/mol. The minimum atomic E-state index is 0.706. The highest BCUT2D eigenvalue weighted by atomic mass is 35.5. The Hall–Kier alpha value is -0.210. The molecule has 0 bridgehead atoms. The predicted octanol–water partition coefficient (Wildman–Crippen LogP) is 3.61. The summed E-state index contributed by atoms with van der Waals surface area (Å²) in [6.07, 6.45) is 4.20. The van der Waals surface area contributed by atoms with Gasteiger partial charge >= 0.3 is 0 Å². The molecule has 0 amide bonds. The van der Waals surface area contributed by atoms with E-state index in [0.717, 1.165) is 21.9 Å². The van der Waals surface area contributed by atoms with Crippen molar-refractivity contribution in [3.05, 3.63) is 15.8 Å². The van der Waals surface area contributed by atoms with Crippen LogP contribution in [-0.2, 0) is 0 Å². The van der Waals surface area contributed by atoms with Gasteiger partial charge in [0.05, 0.1) is 5.69 Å². The smallest absolute Gasteiger partial charge is 0.116 e. The van der Waals surface area contributed by atoms with Gasteiger partial charge in [0.15, 0.2) is 0 Å². The van der Waals surface area contributed by atoms with E-state index in [0.29, 0.717) is 6.04 Å². The lowest BCUT2D eigenvalue weighted by molar-refractivity contribution is 0.655. The second-order valence-corrected chi connectivity index (χ2v) is 5.61. The zero-order valence-electron chi connectivity index (χ0n) is 7.29. The van der Waals surface area contributed by atoms with Crippen molar-refractivity contribution in [1.82, 2.24) is 0 Å². The van der Waals surface area contributed by atoms with E-state index in [1.165, 1.54) is 19.3 Å². The number of thiophene rings is 1. The molecule has 2 aliphatic carbocycles. The standard InChI is InChI=1S/C10H12ClNS/c11-10-9(3-4-13-10)12-8-2-1-6-5-7(6)8/h3-4,6-8,12H,1-2,5H2. The van der Waals surface area contributed by atoms with Crippen molar-refractivity contribution < 1.29 is 0 Å². The average Bonchev–Trinajstić information content (AvgIpc) is 2.65. The topological polar surface area (TPSA) is 12.0 Å². The van der Waals surface area contributed by atoms with E-state index in [2.05, 4.69) is 11.4 Å². The summed E-state index contributed by atoms with van der Waals surface area (Å²) in [6.45, 7) is 0. The van der Waals surface area contributed by atoms with Crippen molar-refractivity contribution in [3.8, 4) is 0 Å². The first-order valence-electron chi connectivity index (χ1n) is 4.84. The Labute approximate surface area is 87.1 Å². The van der Waals surface area contributed by atoms with Gasteiger partial charge in [-0.2, -0.15) is 0 Å². The third-order valence-corrected chi connectivity index (χ3v) is 4.47. The molecule has 1 aromatic rings. The molecular weight excluding hydrogens is 202 g/mol. The first-order chi connectivity index (χ1) is 6.34. The van der Waals surface area contributed by atoms with Crippen LogP contribution in [0.15, 0.2) is 11.4 Å². The van der Waals surface area contributed by atoms with E-state index < -0.39 is 0 Å². The zero-order chi connectivity index (χ0) is 8.84. The number of fused-ring (bicyclic) bond motifs is 1. The molecule has 0 aliphatic heterocycles. The summed E-state index contributed by atoms with van der Waals surface area (Å²) in [6, 6.07) is 2.79. The Morgan fingerprint density at radius 1 is 1.46 bits per heavy atom. The molecule has 0 radical (unpaired) electrons. The summed E-state index contributed by atoms with van der Waals surface area (Å²) in [4.78, 5) is 0. The molecule has 0 spiro atoms. The highest BCUT2D eigenvalue weighted by Gasteiger charge is 2.47. The zero-order valence-corrected chi connectivity index (χ0v) is 8.87. The van der Waals surface area contributed by atoms with Crippen LogP contribution in [0.1, 0.15) is 19.3 Å². The lowest BCUT2D eigenvalue weighted by Crippen LogP contribution is -2.18. The molecule has 1 aromatic heterocycles. The van der Waals surface area contributed by atoms with Crippen LogP contribution in [0.25, 0.3) is 0 Å². The summed E-state index contributed by atoms with van der Waals surface area (Å²) >= 11 is 7.64. The Kier molecular flexibility index (Phi) is 1.81. The Morgan fingerprint density at radius 3 is 2.92 bits per heavy atom. The van der Waals surface area contributed by atoms with Gasteiger partial charge < -0.3 is 5.32 Å². The van der Waals surface area contributed by atoms with Crippen molar-refractivity contribution >= 4 is 28.6 Å². The van der Waals surface area contributed by atoms with Gasteiger partial charge in [0.25, 0.3) is 0 Å². The maximum absolute atomic E-state index is 6.04. The molecule has 2 aliphatic rings. The highest BCUT2D eigenvalue weighted by molar-refractivity contribution is 7.15. The van der Waals surface area contributed by atoms with E-state index in [-0.39, 0.29) is 0 Å². The van der Waals surface area contributed by atoms with Crippen LogP contribution in [0.3, 0.4) is 0 Å². The van der Waals surface area contributed by atoms with E-state index in [1.54, 1.807) is 11.3 Å². The highest BCUT2D eigenvalue weighted by Crippen LogP contribution is 2.52. The summed E-state index contributed by atoms with van der Waals surface area (Å²) < 4.78 is 0.907. The van der Waals surface area contributed by atoms with E-state index in [9.17, 15) is 0 Å². The van der Waals surface area contributed by atoms with Crippen LogP contribution in [0, 0.1) is 11.8 Å². The van der Waals surface area contributed by atoms with Gasteiger partial charge in [0.1, 0.15) is 4.34 Å². The molecule has 1 heterocycles. The van der Waals surface area contributed by atoms with Crippen molar-refractivity contribution in [3.63, 3.8) is 0 Å². The minimum Gasteiger partial charge on any atom is -0.380 e. The molecule has 13 heavy (non-hydrogen) atoms.